The molecular weight excluding hydrogens is 178 g/mol. The molecule has 1 aliphatic rings. The van der Waals surface area contributed by atoms with Gasteiger partial charge in [0.2, 0.25) is 0 Å². The summed E-state index contributed by atoms with van der Waals surface area (Å²) in [6.07, 6.45) is 10.2. The van der Waals surface area contributed by atoms with Gasteiger partial charge in [-0.3, -0.25) is 0 Å². The van der Waals surface area contributed by atoms with Crippen LogP contribution in [0.4, 0.5) is 0 Å². The maximum Gasteiger partial charge on any atom is 0.328 e. The van der Waals surface area contributed by atoms with Gasteiger partial charge in [0.05, 0.1) is 0 Å². The topological polar surface area (TPSA) is 49.3 Å². The molecule has 0 aromatic carbocycles. The van der Waals surface area contributed by atoms with Gasteiger partial charge in [0, 0.05) is 6.08 Å². The maximum atomic E-state index is 9.75. The molecule has 0 saturated carbocycles. The normalized spacial score (nSPS) is 16.6. The number of piperidine rings is 1. The van der Waals surface area contributed by atoms with Crippen molar-refractivity contribution in [1.82, 2.24) is 5.32 Å². The third-order valence-corrected chi connectivity index (χ3v) is 1.75. The first-order chi connectivity index (χ1) is 6.77. The largest absolute Gasteiger partial charge is 0.478 e. The minimum Gasteiger partial charge on any atom is -0.478 e. The highest BCUT2D eigenvalue weighted by Crippen LogP contribution is 1.96. The Morgan fingerprint density at radius 3 is 2.14 bits per heavy atom. The smallest absolute Gasteiger partial charge is 0.328 e. The fourth-order valence-corrected chi connectivity index (χ4v) is 1.05. The molecule has 1 aliphatic heterocycles. The number of nitrogens with one attached hydrogen (secondary N) is 1. The second-order valence-electron chi connectivity index (χ2n) is 3.03. The number of carboxylic acid groups (broad SMARTS) is 1. The Kier molecular flexibility index (Phi) is 9.22. The quantitative estimate of drug-likeness (QED) is 0.525. The van der Waals surface area contributed by atoms with Crippen LogP contribution in [0.2, 0.25) is 0 Å². The number of hydrogen-bond acceptors (Lipinski definition) is 2. The lowest BCUT2D eigenvalue weighted by Crippen LogP contribution is -2.21. The Morgan fingerprint density at radius 1 is 1.21 bits per heavy atom. The van der Waals surface area contributed by atoms with Crippen molar-refractivity contribution in [2.24, 2.45) is 0 Å². The van der Waals surface area contributed by atoms with Crippen molar-refractivity contribution >= 4 is 5.97 Å². The first-order valence-corrected chi connectivity index (χ1v) is 5.00. The average Bonchev–Trinajstić information content (AvgIpc) is 2.21. The molecule has 0 aliphatic carbocycles. The Labute approximate surface area is 85.5 Å². The lowest BCUT2D eigenvalue weighted by Gasteiger charge is -2.08. The molecule has 1 fully saturated rings. The van der Waals surface area contributed by atoms with E-state index in [9.17, 15) is 4.79 Å². The third-order valence-electron chi connectivity index (χ3n) is 1.75. The van der Waals surface area contributed by atoms with E-state index in [0.717, 1.165) is 6.08 Å². The summed E-state index contributed by atoms with van der Waals surface area (Å²) in [6.45, 7) is 4.33. The molecule has 1 rings (SSSR count). The van der Waals surface area contributed by atoms with E-state index in [1.54, 1.807) is 12.2 Å². The summed E-state index contributed by atoms with van der Waals surface area (Å²) in [7, 11) is 0. The van der Waals surface area contributed by atoms with Crippen molar-refractivity contribution in [1.29, 1.82) is 0 Å². The van der Waals surface area contributed by atoms with Gasteiger partial charge in [0.25, 0.3) is 0 Å². The van der Waals surface area contributed by atoms with Gasteiger partial charge in [0.15, 0.2) is 0 Å². The second kappa shape index (κ2) is 9.99. The zero-order chi connectivity index (χ0) is 10.6. The number of hydrogen-bond donors (Lipinski definition) is 2. The predicted octanol–water partition coefficient (Wildman–Crippen LogP) is 1.96. The van der Waals surface area contributed by atoms with Crippen LogP contribution in [0.5, 0.6) is 0 Å². The molecule has 0 bridgehead atoms. The van der Waals surface area contributed by atoms with Gasteiger partial charge in [-0.1, -0.05) is 24.6 Å². The highest BCUT2D eigenvalue weighted by atomic mass is 16.4. The monoisotopic (exact) mass is 197 g/mol. The first-order valence-electron chi connectivity index (χ1n) is 5.00. The first kappa shape index (κ1) is 12.9. The highest BCUT2D eigenvalue weighted by Gasteiger charge is 1.93. The molecule has 0 spiro atoms. The van der Waals surface area contributed by atoms with Crippen molar-refractivity contribution in [2.45, 2.75) is 26.2 Å². The fourth-order valence-electron chi connectivity index (χ4n) is 1.05. The van der Waals surface area contributed by atoms with Gasteiger partial charge in [0.1, 0.15) is 0 Å². The van der Waals surface area contributed by atoms with E-state index in [1.165, 1.54) is 38.4 Å². The molecule has 2 N–H and O–H groups in total. The highest BCUT2D eigenvalue weighted by molar-refractivity contribution is 5.80. The van der Waals surface area contributed by atoms with E-state index < -0.39 is 5.97 Å². The average molecular weight is 197 g/mol. The lowest BCUT2D eigenvalue weighted by atomic mass is 10.2. The minimum absolute atomic E-state index is 0.914. The predicted molar refractivity (Wildman–Crippen MR) is 58.3 cm³/mol. The molecule has 0 radical (unpaired) electrons. The fraction of sp³-hybridized carbons (Fsp3) is 0.545. The summed E-state index contributed by atoms with van der Waals surface area (Å²) in [5.41, 5.74) is 0. The molecule has 0 amide bonds. The number of allylic oxidation sites excluding steroid dienone is 3. The zero-order valence-electron chi connectivity index (χ0n) is 8.70. The van der Waals surface area contributed by atoms with Crippen LogP contribution in [0, 0.1) is 0 Å². The molecular formula is C11H19NO2. The summed E-state index contributed by atoms with van der Waals surface area (Å²) in [5.74, 6) is -0.914. The van der Waals surface area contributed by atoms with Crippen molar-refractivity contribution in [3.63, 3.8) is 0 Å². The van der Waals surface area contributed by atoms with Crippen molar-refractivity contribution < 1.29 is 9.90 Å². The number of carbonyl (C=O) groups is 1. The summed E-state index contributed by atoms with van der Waals surface area (Å²) < 4.78 is 0. The Hall–Kier alpha value is -1.09. The number of rotatable bonds is 2. The van der Waals surface area contributed by atoms with Gasteiger partial charge in [-0.25, -0.2) is 4.79 Å². The molecule has 3 nitrogen and oxygen atoms in total. The van der Waals surface area contributed by atoms with Crippen molar-refractivity contribution in [3.8, 4) is 0 Å². The molecule has 80 valence electrons. The van der Waals surface area contributed by atoms with Crippen LogP contribution in [0.15, 0.2) is 24.3 Å². The summed E-state index contributed by atoms with van der Waals surface area (Å²) in [6, 6.07) is 0. The van der Waals surface area contributed by atoms with E-state index in [1.807, 2.05) is 6.92 Å². The van der Waals surface area contributed by atoms with Crippen LogP contribution < -0.4 is 5.32 Å². The summed E-state index contributed by atoms with van der Waals surface area (Å²) >= 11 is 0. The summed E-state index contributed by atoms with van der Waals surface area (Å²) in [4.78, 5) is 9.75. The second-order valence-corrected chi connectivity index (χ2v) is 3.03. The van der Waals surface area contributed by atoms with E-state index in [-0.39, 0.29) is 0 Å². The molecule has 0 unspecified atom stereocenters. The molecule has 1 heterocycles. The van der Waals surface area contributed by atoms with E-state index in [0.29, 0.717) is 0 Å². The van der Waals surface area contributed by atoms with Crippen LogP contribution in [-0.2, 0) is 4.79 Å². The van der Waals surface area contributed by atoms with E-state index in [2.05, 4.69) is 5.32 Å². The van der Waals surface area contributed by atoms with Crippen LogP contribution in [-0.4, -0.2) is 24.2 Å². The van der Waals surface area contributed by atoms with E-state index >= 15 is 0 Å². The standard InChI is InChI=1S/C6H8O2.C5H11N/c1-2-3-4-5-6(7)8;1-2-4-6-5-3-1/h2-5H,1H3,(H,7,8);6H,1-5H2. The van der Waals surface area contributed by atoms with Crippen LogP contribution in [0.3, 0.4) is 0 Å². The minimum atomic E-state index is -0.914. The van der Waals surface area contributed by atoms with Gasteiger partial charge in [-0.05, 0) is 32.9 Å². The van der Waals surface area contributed by atoms with Crippen LogP contribution in [0.1, 0.15) is 26.2 Å². The van der Waals surface area contributed by atoms with Crippen LogP contribution in [0.25, 0.3) is 0 Å². The van der Waals surface area contributed by atoms with Gasteiger partial charge in [-0.2, -0.15) is 0 Å². The van der Waals surface area contributed by atoms with Crippen molar-refractivity contribution in [3.05, 3.63) is 24.3 Å². The Balaban J connectivity index is 0.000000249. The van der Waals surface area contributed by atoms with Crippen LogP contribution >= 0.6 is 0 Å². The molecule has 14 heavy (non-hydrogen) atoms. The molecule has 0 atom stereocenters. The van der Waals surface area contributed by atoms with Gasteiger partial charge in [-0.15, -0.1) is 0 Å². The SMILES string of the molecule is C1CCNCC1.CC=CC=CC(=O)O. The molecule has 0 aromatic rings. The van der Waals surface area contributed by atoms with E-state index in [4.69, 9.17) is 5.11 Å². The zero-order valence-corrected chi connectivity index (χ0v) is 8.70. The number of carboxylic acids is 1. The molecule has 1 saturated heterocycles. The Morgan fingerprint density at radius 2 is 1.86 bits per heavy atom. The molecule has 3 heteroatoms. The number of aliphatic carboxylic acids is 1. The van der Waals surface area contributed by atoms with Gasteiger partial charge < -0.3 is 10.4 Å². The maximum absolute atomic E-state index is 9.75. The van der Waals surface area contributed by atoms with Crippen molar-refractivity contribution in [2.75, 3.05) is 13.1 Å². The lowest BCUT2D eigenvalue weighted by molar-refractivity contribution is -0.131. The molecule has 0 aromatic heterocycles. The Bertz CT molecular complexity index is 182. The van der Waals surface area contributed by atoms with Gasteiger partial charge >= 0.3 is 5.97 Å². The summed E-state index contributed by atoms with van der Waals surface area (Å²) in [5, 5.41) is 11.3. The third kappa shape index (κ3) is 10.9.